The van der Waals surface area contributed by atoms with Crippen molar-refractivity contribution < 1.29 is 19.9 Å². The minimum atomic E-state index is -0.749. The molecule has 3 aromatic rings. The molecule has 0 heterocycles. The van der Waals surface area contributed by atoms with Crippen LogP contribution >= 0.6 is 23.2 Å². The first kappa shape index (κ1) is 24.2. The molecule has 0 bridgehead atoms. The number of rotatable bonds is 7. The number of carbonyl (C=O) groups is 2. The maximum atomic E-state index is 13.2. The lowest BCUT2D eigenvalue weighted by Crippen LogP contribution is -2.39. The van der Waals surface area contributed by atoms with E-state index in [9.17, 15) is 14.7 Å². The highest BCUT2D eigenvalue weighted by molar-refractivity contribution is 6.35. The summed E-state index contributed by atoms with van der Waals surface area (Å²) in [7, 11) is 0. The highest BCUT2D eigenvalue weighted by Gasteiger charge is 2.37. The van der Waals surface area contributed by atoms with Gasteiger partial charge in [0, 0.05) is 35.9 Å². The fraction of sp³-hybridized carbons (Fsp3) is 0.231. The van der Waals surface area contributed by atoms with Crippen molar-refractivity contribution in [3.05, 3.63) is 93.5 Å². The summed E-state index contributed by atoms with van der Waals surface area (Å²) in [5, 5.41) is 20.7. The molecular weight excluding hydrogens is 475 g/mol. The van der Waals surface area contributed by atoms with E-state index >= 15 is 0 Å². The summed E-state index contributed by atoms with van der Waals surface area (Å²) in [6, 6.07) is 20.2. The van der Waals surface area contributed by atoms with Crippen LogP contribution in [0.2, 0.25) is 10.0 Å². The molecule has 1 aliphatic rings. The zero-order valence-electron chi connectivity index (χ0n) is 18.2. The van der Waals surface area contributed by atoms with Crippen LogP contribution in [0.1, 0.15) is 35.6 Å². The topological polar surface area (TPSA) is 89.9 Å². The minimum Gasteiger partial charge on any atom is -0.390 e. The summed E-state index contributed by atoms with van der Waals surface area (Å²) in [5.41, 5.74) is 6.13. The monoisotopic (exact) mass is 498 g/mol. The Morgan fingerprint density at radius 1 is 0.941 bits per heavy atom. The Hall–Kier alpha value is -2.90. The number of fused-ring (bicyclic) bond motifs is 1. The highest BCUT2D eigenvalue weighted by atomic mass is 35.5. The molecular formula is C26H24Cl2N2O4. The molecule has 0 fully saturated rings. The number of nitrogens with zero attached hydrogens (tertiary/aromatic N) is 1. The molecule has 2 atom stereocenters. The lowest BCUT2D eigenvalue weighted by molar-refractivity contribution is -0.140. The van der Waals surface area contributed by atoms with Crippen molar-refractivity contribution in [3.63, 3.8) is 0 Å². The lowest BCUT2D eigenvalue weighted by atomic mass is 10.0. The predicted molar refractivity (Wildman–Crippen MR) is 131 cm³/mol. The molecule has 0 aromatic heterocycles. The minimum absolute atomic E-state index is 0.0864. The van der Waals surface area contributed by atoms with Crippen LogP contribution in [0.4, 0.5) is 0 Å². The number of aliphatic hydroxyl groups is 1. The first-order chi connectivity index (χ1) is 16.4. The third-order valence-electron chi connectivity index (χ3n) is 6.02. The average Bonchev–Trinajstić information content (AvgIpc) is 3.16. The van der Waals surface area contributed by atoms with Gasteiger partial charge in [-0.15, -0.1) is 0 Å². The SMILES string of the molecule is O=C(CCC(=O)N(Cc1ccc(-c2cc(Cl)cc(Cl)c2)cc1)[C@H]1c2ccccc2C[C@H]1O)NO. The first-order valence-electron chi connectivity index (χ1n) is 10.9. The lowest BCUT2D eigenvalue weighted by Gasteiger charge is -2.32. The number of carbonyl (C=O) groups excluding carboxylic acids is 2. The van der Waals surface area contributed by atoms with Crippen LogP contribution in [0.5, 0.6) is 0 Å². The van der Waals surface area contributed by atoms with Crippen LogP contribution in [0.25, 0.3) is 11.1 Å². The summed E-state index contributed by atoms with van der Waals surface area (Å²) < 4.78 is 0. The summed E-state index contributed by atoms with van der Waals surface area (Å²) in [4.78, 5) is 26.3. The van der Waals surface area contributed by atoms with Crippen LogP contribution in [-0.2, 0) is 22.6 Å². The predicted octanol–water partition coefficient (Wildman–Crippen LogP) is 4.93. The number of aliphatic hydroxyl groups excluding tert-OH is 1. The molecule has 2 amide bonds. The van der Waals surface area contributed by atoms with Gasteiger partial charge in [-0.25, -0.2) is 5.48 Å². The second-order valence-electron chi connectivity index (χ2n) is 8.33. The molecule has 0 saturated carbocycles. The van der Waals surface area contributed by atoms with Crippen molar-refractivity contribution in [3.8, 4) is 11.1 Å². The Morgan fingerprint density at radius 2 is 1.62 bits per heavy atom. The Balaban J connectivity index is 1.60. The molecule has 0 unspecified atom stereocenters. The van der Waals surface area contributed by atoms with Crippen molar-refractivity contribution in [2.24, 2.45) is 0 Å². The van der Waals surface area contributed by atoms with E-state index in [0.717, 1.165) is 27.8 Å². The summed E-state index contributed by atoms with van der Waals surface area (Å²) in [6.07, 6.45) is -0.529. The van der Waals surface area contributed by atoms with Crippen molar-refractivity contribution in [2.45, 2.75) is 38.0 Å². The van der Waals surface area contributed by atoms with Crippen molar-refractivity contribution in [1.29, 1.82) is 0 Å². The van der Waals surface area contributed by atoms with Gasteiger partial charge in [-0.05, 0) is 46.0 Å². The zero-order valence-corrected chi connectivity index (χ0v) is 19.8. The number of amides is 2. The fourth-order valence-electron chi connectivity index (χ4n) is 4.41. The van der Waals surface area contributed by atoms with Gasteiger partial charge in [0.25, 0.3) is 0 Å². The molecule has 34 heavy (non-hydrogen) atoms. The quantitative estimate of drug-likeness (QED) is 0.318. The van der Waals surface area contributed by atoms with Gasteiger partial charge in [0.05, 0.1) is 12.1 Å². The Kier molecular flexibility index (Phi) is 7.54. The fourth-order valence-corrected chi connectivity index (χ4v) is 4.94. The number of hydrogen-bond acceptors (Lipinski definition) is 4. The van der Waals surface area contributed by atoms with Gasteiger partial charge < -0.3 is 10.0 Å². The van der Waals surface area contributed by atoms with E-state index in [1.54, 1.807) is 16.4 Å². The maximum absolute atomic E-state index is 13.2. The second kappa shape index (κ2) is 10.6. The number of nitrogens with one attached hydrogen (secondary N) is 1. The standard InChI is InChI=1S/C26H24Cl2N2O4/c27-20-11-19(12-21(28)14-20)17-7-5-16(6-8-17)15-30(25(33)10-9-24(32)29-34)26-22-4-2-1-3-18(22)13-23(26)31/h1-8,11-12,14,23,26,31,34H,9-10,13,15H2,(H,29,32)/t23-,26+/m1/s1. The number of halogens is 2. The van der Waals surface area contributed by atoms with Crippen LogP contribution < -0.4 is 5.48 Å². The van der Waals surface area contributed by atoms with E-state index in [2.05, 4.69) is 0 Å². The molecule has 1 aliphatic carbocycles. The third-order valence-corrected chi connectivity index (χ3v) is 6.45. The maximum Gasteiger partial charge on any atom is 0.243 e. The number of benzene rings is 3. The molecule has 0 saturated heterocycles. The Morgan fingerprint density at radius 3 is 2.29 bits per heavy atom. The van der Waals surface area contributed by atoms with Gasteiger partial charge in [-0.3, -0.25) is 14.8 Å². The van der Waals surface area contributed by atoms with E-state index in [0.29, 0.717) is 16.5 Å². The normalized spacial score (nSPS) is 16.7. The van der Waals surface area contributed by atoms with Crippen LogP contribution in [0.15, 0.2) is 66.7 Å². The van der Waals surface area contributed by atoms with Crippen molar-refractivity contribution in [1.82, 2.24) is 10.4 Å². The van der Waals surface area contributed by atoms with E-state index < -0.39 is 18.1 Å². The van der Waals surface area contributed by atoms with Gasteiger partial charge in [-0.1, -0.05) is 71.7 Å². The summed E-state index contributed by atoms with van der Waals surface area (Å²) in [6.45, 7) is 0.256. The molecule has 3 aromatic carbocycles. The van der Waals surface area contributed by atoms with Gasteiger partial charge in [-0.2, -0.15) is 0 Å². The molecule has 0 spiro atoms. The van der Waals surface area contributed by atoms with Gasteiger partial charge >= 0.3 is 0 Å². The molecule has 176 valence electrons. The van der Waals surface area contributed by atoms with E-state index in [1.165, 1.54) is 0 Å². The third kappa shape index (κ3) is 5.42. The van der Waals surface area contributed by atoms with Crippen molar-refractivity contribution >= 4 is 35.0 Å². The second-order valence-corrected chi connectivity index (χ2v) is 9.20. The highest BCUT2D eigenvalue weighted by Crippen LogP contribution is 2.37. The molecule has 4 rings (SSSR count). The van der Waals surface area contributed by atoms with Crippen molar-refractivity contribution in [2.75, 3.05) is 0 Å². The molecule has 0 radical (unpaired) electrons. The number of hydroxylamine groups is 1. The Labute approximate surface area is 207 Å². The molecule has 6 nitrogen and oxygen atoms in total. The summed E-state index contributed by atoms with van der Waals surface area (Å²) in [5.74, 6) is -0.916. The molecule has 0 aliphatic heterocycles. The first-order valence-corrected chi connectivity index (χ1v) is 11.6. The Bertz CT molecular complexity index is 1180. The van der Waals surface area contributed by atoms with Gasteiger partial charge in [0.1, 0.15) is 0 Å². The van der Waals surface area contributed by atoms with Crippen LogP contribution in [0, 0.1) is 0 Å². The molecule has 8 heteroatoms. The summed E-state index contributed by atoms with van der Waals surface area (Å²) >= 11 is 12.3. The van der Waals surface area contributed by atoms with Crippen LogP contribution in [0.3, 0.4) is 0 Å². The molecule has 3 N–H and O–H groups in total. The van der Waals surface area contributed by atoms with Gasteiger partial charge in [0.15, 0.2) is 0 Å². The average molecular weight is 499 g/mol. The van der Waals surface area contributed by atoms with E-state index in [4.69, 9.17) is 28.4 Å². The zero-order chi connectivity index (χ0) is 24.2. The largest absolute Gasteiger partial charge is 0.390 e. The van der Waals surface area contributed by atoms with E-state index in [1.807, 2.05) is 60.7 Å². The van der Waals surface area contributed by atoms with E-state index in [-0.39, 0.29) is 25.3 Å². The smallest absolute Gasteiger partial charge is 0.243 e. The number of hydrogen-bond donors (Lipinski definition) is 3. The van der Waals surface area contributed by atoms with Crippen LogP contribution in [-0.4, -0.2) is 33.1 Å². The van der Waals surface area contributed by atoms with Gasteiger partial charge in [0.2, 0.25) is 11.8 Å².